The topological polar surface area (TPSA) is 77.9 Å². The summed E-state index contributed by atoms with van der Waals surface area (Å²) >= 11 is 0. The highest BCUT2D eigenvalue weighted by Gasteiger charge is 1.88. The van der Waals surface area contributed by atoms with Crippen LogP contribution in [-0.4, -0.2) is 45.6 Å². The first-order chi connectivity index (χ1) is 7.70. The summed E-state index contributed by atoms with van der Waals surface area (Å²) in [5.41, 5.74) is 0. The average Bonchev–Trinajstić information content (AvgIpc) is 2.30. The van der Waals surface area contributed by atoms with E-state index in [-0.39, 0.29) is 5.91 Å². The van der Waals surface area contributed by atoms with E-state index in [2.05, 4.69) is 32.5 Å². The zero-order valence-corrected chi connectivity index (χ0v) is 9.79. The van der Waals surface area contributed by atoms with E-state index >= 15 is 0 Å². The molecule has 16 heavy (non-hydrogen) atoms. The standard InChI is InChI=1S/C10H19N5O/c1-9(14-6-4-5-11-2)15-8-13-7-10(16)12-3/h7-8,11,14H,1,4-6H2,2-3H3,(H,12,16)/b13-7+,15-8-. The van der Waals surface area contributed by atoms with Gasteiger partial charge in [-0.25, -0.2) is 9.98 Å². The van der Waals surface area contributed by atoms with Crippen LogP contribution in [0.5, 0.6) is 0 Å². The van der Waals surface area contributed by atoms with E-state index in [0.29, 0.717) is 5.82 Å². The molecule has 0 radical (unpaired) electrons. The summed E-state index contributed by atoms with van der Waals surface area (Å²) in [5.74, 6) is 0.268. The maximum Gasteiger partial charge on any atom is 0.262 e. The maximum absolute atomic E-state index is 10.7. The molecule has 0 saturated heterocycles. The lowest BCUT2D eigenvalue weighted by Gasteiger charge is -2.03. The molecule has 1 amide bonds. The third-order valence-electron chi connectivity index (χ3n) is 1.65. The Morgan fingerprint density at radius 2 is 2.12 bits per heavy atom. The third-order valence-corrected chi connectivity index (χ3v) is 1.65. The molecule has 0 aromatic rings. The van der Waals surface area contributed by atoms with Crippen LogP contribution in [0.25, 0.3) is 0 Å². The SMILES string of the molecule is C=C(/N=C\N=C\C(=O)NC)NCCCNC. The number of amides is 1. The second-order valence-corrected chi connectivity index (χ2v) is 2.97. The smallest absolute Gasteiger partial charge is 0.262 e. The van der Waals surface area contributed by atoms with E-state index in [1.54, 1.807) is 0 Å². The number of rotatable bonds is 8. The van der Waals surface area contributed by atoms with Gasteiger partial charge in [0.25, 0.3) is 5.91 Å². The normalized spacial score (nSPS) is 10.9. The molecule has 0 aliphatic rings. The molecule has 6 heteroatoms. The Bertz CT molecular complexity index is 272. The quantitative estimate of drug-likeness (QED) is 0.296. The van der Waals surface area contributed by atoms with Gasteiger partial charge in [0.15, 0.2) is 0 Å². The van der Waals surface area contributed by atoms with Gasteiger partial charge in [0, 0.05) is 13.6 Å². The molecule has 0 bridgehead atoms. The van der Waals surface area contributed by atoms with E-state index in [1.165, 1.54) is 13.4 Å². The van der Waals surface area contributed by atoms with Gasteiger partial charge in [-0.15, -0.1) is 0 Å². The Labute approximate surface area is 95.9 Å². The van der Waals surface area contributed by atoms with Gasteiger partial charge >= 0.3 is 0 Å². The first kappa shape index (κ1) is 14.3. The van der Waals surface area contributed by atoms with Crippen molar-refractivity contribution < 1.29 is 4.79 Å². The largest absolute Gasteiger partial charge is 0.370 e. The van der Waals surface area contributed by atoms with Crippen LogP contribution in [0.1, 0.15) is 6.42 Å². The predicted molar refractivity (Wildman–Crippen MR) is 66.7 cm³/mol. The van der Waals surface area contributed by atoms with Crippen LogP contribution in [-0.2, 0) is 4.79 Å². The molecule has 0 fully saturated rings. The fourth-order valence-corrected chi connectivity index (χ4v) is 0.812. The van der Waals surface area contributed by atoms with E-state index in [1.807, 2.05) is 7.05 Å². The van der Waals surface area contributed by atoms with E-state index in [0.717, 1.165) is 25.7 Å². The highest BCUT2D eigenvalue weighted by Crippen LogP contribution is 1.85. The molecule has 0 heterocycles. The molecule has 0 saturated carbocycles. The monoisotopic (exact) mass is 225 g/mol. The molecule has 0 aromatic heterocycles. The summed E-state index contributed by atoms with van der Waals surface area (Å²) in [5, 5.41) is 8.46. The fraction of sp³-hybridized carbons (Fsp3) is 0.500. The average molecular weight is 225 g/mol. The van der Waals surface area contributed by atoms with Gasteiger partial charge < -0.3 is 16.0 Å². The Balaban J connectivity index is 3.66. The van der Waals surface area contributed by atoms with Gasteiger partial charge in [-0.2, -0.15) is 0 Å². The van der Waals surface area contributed by atoms with Crippen molar-refractivity contribution in [3.05, 3.63) is 12.4 Å². The molecule has 0 atom stereocenters. The van der Waals surface area contributed by atoms with Gasteiger partial charge in [-0.1, -0.05) is 6.58 Å². The minimum Gasteiger partial charge on any atom is -0.370 e. The lowest BCUT2D eigenvalue weighted by Crippen LogP contribution is -2.19. The molecular formula is C10H19N5O. The third kappa shape index (κ3) is 8.89. The van der Waals surface area contributed by atoms with Crippen molar-refractivity contribution in [1.29, 1.82) is 0 Å². The molecule has 0 aromatic carbocycles. The Morgan fingerprint density at radius 3 is 2.75 bits per heavy atom. The minimum atomic E-state index is -0.265. The Morgan fingerprint density at radius 1 is 1.38 bits per heavy atom. The lowest BCUT2D eigenvalue weighted by atomic mass is 10.4. The Hall–Kier alpha value is -1.69. The van der Waals surface area contributed by atoms with Crippen molar-refractivity contribution in [3.63, 3.8) is 0 Å². The number of nitrogens with zero attached hydrogens (tertiary/aromatic N) is 2. The molecule has 6 nitrogen and oxygen atoms in total. The number of carbonyl (C=O) groups excluding carboxylic acids is 1. The van der Waals surface area contributed by atoms with Crippen molar-refractivity contribution in [2.45, 2.75) is 6.42 Å². The van der Waals surface area contributed by atoms with Crippen LogP contribution in [0, 0.1) is 0 Å². The number of carbonyl (C=O) groups is 1. The van der Waals surface area contributed by atoms with Gasteiger partial charge in [-0.05, 0) is 20.0 Å². The van der Waals surface area contributed by atoms with Crippen LogP contribution in [0.2, 0.25) is 0 Å². The van der Waals surface area contributed by atoms with Gasteiger partial charge in [0.1, 0.15) is 12.2 Å². The van der Waals surface area contributed by atoms with Gasteiger partial charge in [0.2, 0.25) is 0 Å². The lowest BCUT2D eigenvalue weighted by molar-refractivity contribution is -0.113. The van der Waals surface area contributed by atoms with Crippen LogP contribution in [0.4, 0.5) is 0 Å². The number of hydrogen-bond acceptors (Lipinski definition) is 4. The van der Waals surface area contributed by atoms with Crippen molar-refractivity contribution in [1.82, 2.24) is 16.0 Å². The molecule has 3 N–H and O–H groups in total. The summed E-state index contributed by atoms with van der Waals surface area (Å²) in [4.78, 5) is 18.3. The van der Waals surface area contributed by atoms with Crippen LogP contribution in [0.3, 0.4) is 0 Å². The maximum atomic E-state index is 10.7. The highest BCUT2D eigenvalue weighted by atomic mass is 16.1. The Kier molecular flexibility index (Phi) is 8.81. The summed E-state index contributed by atoms with van der Waals surface area (Å²) in [7, 11) is 3.44. The summed E-state index contributed by atoms with van der Waals surface area (Å²) < 4.78 is 0. The van der Waals surface area contributed by atoms with E-state index < -0.39 is 0 Å². The molecule has 0 aliphatic carbocycles. The zero-order chi connectivity index (χ0) is 12.2. The number of hydrogen-bond donors (Lipinski definition) is 3. The van der Waals surface area contributed by atoms with E-state index in [4.69, 9.17) is 0 Å². The van der Waals surface area contributed by atoms with Crippen molar-refractivity contribution in [3.8, 4) is 0 Å². The molecular weight excluding hydrogens is 206 g/mol. The van der Waals surface area contributed by atoms with Crippen molar-refractivity contribution in [2.24, 2.45) is 9.98 Å². The second-order valence-electron chi connectivity index (χ2n) is 2.97. The molecule has 0 spiro atoms. The molecule has 0 aliphatic heterocycles. The first-order valence-corrected chi connectivity index (χ1v) is 5.05. The summed E-state index contributed by atoms with van der Waals surface area (Å²) in [6.07, 6.45) is 3.42. The van der Waals surface area contributed by atoms with Crippen molar-refractivity contribution in [2.75, 3.05) is 27.2 Å². The van der Waals surface area contributed by atoms with Crippen LogP contribution < -0.4 is 16.0 Å². The van der Waals surface area contributed by atoms with E-state index in [9.17, 15) is 4.79 Å². The first-order valence-electron chi connectivity index (χ1n) is 5.05. The highest BCUT2D eigenvalue weighted by molar-refractivity contribution is 6.27. The van der Waals surface area contributed by atoms with Gasteiger partial charge in [-0.3, -0.25) is 4.79 Å². The number of nitrogens with one attached hydrogen (secondary N) is 3. The summed E-state index contributed by atoms with van der Waals surface area (Å²) in [6, 6.07) is 0. The van der Waals surface area contributed by atoms with Crippen molar-refractivity contribution >= 4 is 18.5 Å². The minimum absolute atomic E-state index is 0.265. The van der Waals surface area contributed by atoms with Crippen LogP contribution in [0.15, 0.2) is 22.4 Å². The molecule has 90 valence electrons. The fourth-order valence-electron chi connectivity index (χ4n) is 0.812. The van der Waals surface area contributed by atoms with Gasteiger partial charge in [0.05, 0.1) is 6.21 Å². The molecule has 0 rings (SSSR count). The second kappa shape index (κ2) is 9.85. The summed E-state index contributed by atoms with van der Waals surface area (Å²) in [6.45, 7) is 5.43. The zero-order valence-electron chi connectivity index (χ0n) is 9.79. The number of aliphatic imine (C=N–C) groups is 2. The predicted octanol–water partition coefficient (Wildman–Crippen LogP) is -0.498. The van der Waals surface area contributed by atoms with Crippen LogP contribution >= 0.6 is 0 Å². The molecule has 0 unspecified atom stereocenters.